The number of anilines is 1. The number of ether oxygens (including phenoxy) is 2. The number of methoxy groups -OCH3 is 1. The predicted octanol–water partition coefficient (Wildman–Crippen LogP) is 3.36. The van der Waals surface area contributed by atoms with Gasteiger partial charge in [-0.15, -0.1) is 0 Å². The van der Waals surface area contributed by atoms with Gasteiger partial charge < -0.3 is 14.8 Å². The fourth-order valence-electron chi connectivity index (χ4n) is 2.03. The molecule has 0 radical (unpaired) electrons. The maximum atomic E-state index is 13.7. The van der Waals surface area contributed by atoms with Crippen LogP contribution in [-0.4, -0.2) is 19.6 Å². The van der Waals surface area contributed by atoms with Gasteiger partial charge in [-0.05, 0) is 25.1 Å². The monoisotopic (exact) mass is 314 g/mol. The molecule has 0 aromatic heterocycles. The van der Waals surface area contributed by atoms with Gasteiger partial charge in [0.05, 0.1) is 36.6 Å². The second-order valence-corrected chi connectivity index (χ2v) is 4.53. The average molecular weight is 314 g/mol. The molecule has 2 rings (SSSR count). The molecule has 0 aliphatic rings. The topological polar surface area (TPSA) is 71.3 Å². The van der Waals surface area contributed by atoms with Gasteiger partial charge in [0, 0.05) is 6.07 Å². The van der Waals surface area contributed by atoms with Crippen LogP contribution in [-0.2, 0) is 0 Å². The van der Waals surface area contributed by atoms with E-state index in [1.807, 2.05) is 6.07 Å². The normalized spacial score (nSPS) is 9.83. The second kappa shape index (κ2) is 7.27. The first-order valence-electron chi connectivity index (χ1n) is 6.91. The highest BCUT2D eigenvalue weighted by molar-refractivity contribution is 6.07. The standard InChI is InChI=1S/C17H15FN2O3/c1-3-23-16-12(8-11(10-19)9-15(16)22-2)17(21)20-14-7-5-4-6-13(14)18/h4-9H,3H2,1-2H3,(H,20,21). The number of rotatable bonds is 5. The number of carbonyl (C=O) groups excluding carboxylic acids is 1. The molecule has 0 saturated heterocycles. The van der Waals surface area contributed by atoms with Crippen LogP contribution in [0.15, 0.2) is 36.4 Å². The van der Waals surface area contributed by atoms with Crippen molar-refractivity contribution in [3.63, 3.8) is 0 Å². The SMILES string of the molecule is CCOc1c(OC)cc(C#N)cc1C(=O)Nc1ccccc1F. The van der Waals surface area contributed by atoms with E-state index < -0.39 is 11.7 Å². The highest BCUT2D eigenvalue weighted by Crippen LogP contribution is 2.33. The van der Waals surface area contributed by atoms with Crippen molar-refractivity contribution in [3.05, 3.63) is 53.3 Å². The summed E-state index contributed by atoms with van der Waals surface area (Å²) in [7, 11) is 1.41. The van der Waals surface area contributed by atoms with Crippen molar-refractivity contribution in [3.8, 4) is 17.6 Å². The Bertz CT molecular complexity index is 769. The van der Waals surface area contributed by atoms with Crippen LogP contribution in [0.25, 0.3) is 0 Å². The zero-order valence-electron chi connectivity index (χ0n) is 12.7. The molecule has 0 bridgehead atoms. The summed E-state index contributed by atoms with van der Waals surface area (Å²) >= 11 is 0. The zero-order chi connectivity index (χ0) is 16.8. The van der Waals surface area contributed by atoms with Crippen molar-refractivity contribution in [2.75, 3.05) is 19.0 Å². The number of nitrogens with one attached hydrogen (secondary N) is 1. The number of halogens is 1. The second-order valence-electron chi connectivity index (χ2n) is 4.53. The molecule has 0 aliphatic carbocycles. The summed E-state index contributed by atoms with van der Waals surface area (Å²) in [4.78, 5) is 12.5. The van der Waals surface area contributed by atoms with Gasteiger partial charge in [0.1, 0.15) is 5.82 Å². The predicted molar refractivity (Wildman–Crippen MR) is 83.2 cm³/mol. The fourth-order valence-corrected chi connectivity index (χ4v) is 2.03. The lowest BCUT2D eigenvalue weighted by Crippen LogP contribution is -2.15. The van der Waals surface area contributed by atoms with Crippen LogP contribution >= 0.6 is 0 Å². The fraction of sp³-hybridized carbons (Fsp3) is 0.176. The Balaban J connectivity index is 2.46. The van der Waals surface area contributed by atoms with Crippen LogP contribution in [0.1, 0.15) is 22.8 Å². The van der Waals surface area contributed by atoms with Crippen LogP contribution in [0, 0.1) is 17.1 Å². The molecular formula is C17H15FN2O3. The van der Waals surface area contributed by atoms with Crippen molar-refractivity contribution in [2.24, 2.45) is 0 Å². The van der Waals surface area contributed by atoms with E-state index in [1.165, 1.54) is 37.4 Å². The molecule has 6 heteroatoms. The number of hydrogen-bond acceptors (Lipinski definition) is 4. The molecule has 2 aromatic rings. The van der Waals surface area contributed by atoms with Crippen molar-refractivity contribution in [1.82, 2.24) is 0 Å². The van der Waals surface area contributed by atoms with E-state index in [0.29, 0.717) is 6.61 Å². The number of amides is 1. The highest BCUT2D eigenvalue weighted by atomic mass is 19.1. The minimum Gasteiger partial charge on any atom is -0.493 e. The number of nitrogens with zero attached hydrogens (tertiary/aromatic N) is 1. The molecule has 1 amide bonds. The molecule has 0 aliphatic heterocycles. The number of nitriles is 1. The maximum Gasteiger partial charge on any atom is 0.259 e. The van der Waals surface area contributed by atoms with Crippen LogP contribution in [0.4, 0.5) is 10.1 Å². The Kier molecular flexibility index (Phi) is 5.15. The summed E-state index contributed by atoms with van der Waals surface area (Å²) in [6, 6.07) is 10.6. The molecule has 0 atom stereocenters. The first-order chi connectivity index (χ1) is 11.1. The van der Waals surface area contributed by atoms with Gasteiger partial charge in [0.2, 0.25) is 0 Å². The molecule has 2 aromatic carbocycles. The lowest BCUT2D eigenvalue weighted by atomic mass is 10.1. The van der Waals surface area contributed by atoms with E-state index in [2.05, 4.69) is 5.32 Å². The molecule has 0 heterocycles. The third kappa shape index (κ3) is 3.58. The Morgan fingerprint density at radius 1 is 1.35 bits per heavy atom. The van der Waals surface area contributed by atoms with Crippen LogP contribution in [0.5, 0.6) is 11.5 Å². The molecule has 0 saturated carbocycles. The number of carbonyl (C=O) groups is 1. The van der Waals surface area contributed by atoms with E-state index in [1.54, 1.807) is 13.0 Å². The molecule has 0 fully saturated rings. The van der Waals surface area contributed by atoms with Crippen molar-refractivity contribution >= 4 is 11.6 Å². The summed E-state index contributed by atoms with van der Waals surface area (Å²) in [5, 5.41) is 11.5. The van der Waals surface area contributed by atoms with Crippen LogP contribution in [0.2, 0.25) is 0 Å². The lowest BCUT2D eigenvalue weighted by molar-refractivity contribution is 0.102. The Labute approximate surface area is 133 Å². The maximum absolute atomic E-state index is 13.7. The van der Waals surface area contributed by atoms with Gasteiger partial charge in [-0.3, -0.25) is 4.79 Å². The summed E-state index contributed by atoms with van der Waals surface area (Å²) < 4.78 is 24.3. The van der Waals surface area contributed by atoms with Crippen molar-refractivity contribution in [1.29, 1.82) is 5.26 Å². The first kappa shape index (κ1) is 16.3. The van der Waals surface area contributed by atoms with E-state index in [4.69, 9.17) is 14.7 Å². The number of benzene rings is 2. The summed E-state index contributed by atoms with van der Waals surface area (Å²) in [6.07, 6.45) is 0. The molecule has 118 valence electrons. The van der Waals surface area contributed by atoms with Gasteiger partial charge in [0.15, 0.2) is 11.5 Å². The largest absolute Gasteiger partial charge is 0.493 e. The Morgan fingerprint density at radius 3 is 2.70 bits per heavy atom. The van der Waals surface area contributed by atoms with Gasteiger partial charge in [0.25, 0.3) is 5.91 Å². The summed E-state index contributed by atoms with van der Waals surface area (Å²) in [5.74, 6) is -0.663. The van der Waals surface area contributed by atoms with Crippen LogP contribution < -0.4 is 14.8 Å². The molecule has 0 unspecified atom stereocenters. The smallest absolute Gasteiger partial charge is 0.259 e. The van der Waals surface area contributed by atoms with E-state index in [0.717, 1.165) is 0 Å². The number of hydrogen-bond donors (Lipinski definition) is 1. The van der Waals surface area contributed by atoms with Crippen LogP contribution in [0.3, 0.4) is 0 Å². The average Bonchev–Trinajstić information content (AvgIpc) is 2.57. The quantitative estimate of drug-likeness (QED) is 0.918. The van der Waals surface area contributed by atoms with E-state index in [9.17, 15) is 9.18 Å². The summed E-state index contributed by atoms with van der Waals surface area (Å²) in [6.45, 7) is 2.07. The van der Waals surface area contributed by atoms with Gasteiger partial charge in [-0.1, -0.05) is 12.1 Å². The Morgan fingerprint density at radius 2 is 2.09 bits per heavy atom. The highest BCUT2D eigenvalue weighted by Gasteiger charge is 2.20. The lowest BCUT2D eigenvalue weighted by Gasteiger charge is -2.15. The molecule has 5 nitrogen and oxygen atoms in total. The third-order valence-electron chi connectivity index (χ3n) is 3.06. The third-order valence-corrected chi connectivity index (χ3v) is 3.06. The molecular weight excluding hydrogens is 299 g/mol. The number of para-hydroxylation sites is 1. The molecule has 0 spiro atoms. The van der Waals surface area contributed by atoms with Gasteiger partial charge >= 0.3 is 0 Å². The summed E-state index contributed by atoms with van der Waals surface area (Å²) in [5.41, 5.74) is 0.385. The minimum absolute atomic E-state index is 0.0428. The van der Waals surface area contributed by atoms with Gasteiger partial charge in [-0.25, -0.2) is 4.39 Å². The molecule has 23 heavy (non-hydrogen) atoms. The van der Waals surface area contributed by atoms with E-state index in [-0.39, 0.29) is 28.3 Å². The van der Waals surface area contributed by atoms with E-state index >= 15 is 0 Å². The van der Waals surface area contributed by atoms with Crippen molar-refractivity contribution < 1.29 is 18.7 Å². The Hall–Kier alpha value is -3.07. The van der Waals surface area contributed by atoms with Crippen molar-refractivity contribution in [2.45, 2.75) is 6.92 Å². The van der Waals surface area contributed by atoms with Gasteiger partial charge in [-0.2, -0.15) is 5.26 Å². The first-order valence-corrected chi connectivity index (χ1v) is 6.91. The zero-order valence-corrected chi connectivity index (χ0v) is 12.7. The molecule has 1 N–H and O–H groups in total. The minimum atomic E-state index is -0.589.